The average molecular weight is 433 g/mol. The zero-order chi connectivity index (χ0) is 21.3. The second-order valence-electron chi connectivity index (χ2n) is 6.16. The largest absolute Gasteiger partial charge is 0.454 e. The summed E-state index contributed by atoms with van der Waals surface area (Å²) in [5.41, 5.74) is -0.437. The molecule has 6 nitrogen and oxygen atoms in total. The fourth-order valence-electron chi connectivity index (χ4n) is 2.74. The van der Waals surface area contributed by atoms with Crippen LogP contribution < -0.4 is 10.4 Å². The summed E-state index contributed by atoms with van der Waals surface area (Å²) in [6.07, 6.45) is 2.49. The van der Waals surface area contributed by atoms with Gasteiger partial charge in [0.15, 0.2) is 10.9 Å². The SMILES string of the molecule is O=c1n(Cc2c(F)cccc2F)cnn1-c1ccc(Oc2ccnc(Cl)c2F)cc1. The van der Waals surface area contributed by atoms with Gasteiger partial charge in [-0.05, 0) is 36.4 Å². The first-order valence-electron chi connectivity index (χ1n) is 8.59. The van der Waals surface area contributed by atoms with E-state index in [0.29, 0.717) is 11.4 Å². The van der Waals surface area contributed by atoms with Crippen LogP contribution in [0.2, 0.25) is 5.15 Å². The number of aromatic nitrogens is 4. The van der Waals surface area contributed by atoms with Crippen LogP contribution in [0.5, 0.6) is 11.5 Å². The first-order valence-corrected chi connectivity index (χ1v) is 8.97. The number of pyridine rings is 1. The van der Waals surface area contributed by atoms with Gasteiger partial charge in [-0.15, -0.1) is 0 Å². The number of rotatable bonds is 5. The van der Waals surface area contributed by atoms with Gasteiger partial charge in [-0.25, -0.2) is 18.6 Å². The maximum absolute atomic E-state index is 13.9. The molecule has 0 unspecified atom stereocenters. The van der Waals surface area contributed by atoms with Crippen LogP contribution in [0.1, 0.15) is 5.56 Å². The Bertz CT molecular complexity index is 1250. The second-order valence-corrected chi connectivity index (χ2v) is 6.52. The van der Waals surface area contributed by atoms with Crippen LogP contribution in [0.3, 0.4) is 0 Å². The lowest BCUT2D eigenvalue weighted by Crippen LogP contribution is -2.24. The van der Waals surface area contributed by atoms with Crippen molar-refractivity contribution in [1.82, 2.24) is 19.3 Å². The minimum absolute atomic E-state index is 0.101. The normalized spacial score (nSPS) is 10.9. The predicted molar refractivity (Wildman–Crippen MR) is 103 cm³/mol. The fourth-order valence-corrected chi connectivity index (χ4v) is 2.89. The average Bonchev–Trinajstić information content (AvgIpc) is 3.09. The van der Waals surface area contributed by atoms with E-state index in [4.69, 9.17) is 16.3 Å². The molecule has 0 aliphatic heterocycles. The molecule has 0 aliphatic rings. The van der Waals surface area contributed by atoms with Gasteiger partial charge >= 0.3 is 5.69 Å². The van der Waals surface area contributed by atoms with Crippen molar-refractivity contribution in [2.75, 3.05) is 0 Å². The van der Waals surface area contributed by atoms with Gasteiger partial charge in [-0.3, -0.25) is 4.57 Å². The second kappa shape index (κ2) is 8.03. The zero-order valence-electron chi connectivity index (χ0n) is 15.1. The van der Waals surface area contributed by atoms with E-state index in [2.05, 4.69) is 10.1 Å². The molecule has 4 aromatic rings. The summed E-state index contributed by atoms with van der Waals surface area (Å²) in [4.78, 5) is 16.2. The molecule has 2 aromatic heterocycles. The molecule has 0 amide bonds. The molecule has 0 N–H and O–H groups in total. The molecule has 2 heterocycles. The summed E-state index contributed by atoms with van der Waals surface area (Å²) >= 11 is 5.62. The molecule has 10 heteroatoms. The third kappa shape index (κ3) is 3.79. The highest BCUT2D eigenvalue weighted by Gasteiger charge is 2.14. The van der Waals surface area contributed by atoms with Gasteiger partial charge in [0.2, 0.25) is 5.82 Å². The van der Waals surface area contributed by atoms with Gasteiger partial charge in [0.05, 0.1) is 12.2 Å². The Morgan fingerprint density at radius 3 is 2.40 bits per heavy atom. The fraction of sp³-hybridized carbons (Fsp3) is 0.0500. The minimum atomic E-state index is -0.793. The highest BCUT2D eigenvalue weighted by Crippen LogP contribution is 2.27. The van der Waals surface area contributed by atoms with E-state index in [1.165, 1.54) is 48.9 Å². The summed E-state index contributed by atoms with van der Waals surface area (Å²) in [5.74, 6) is -2.10. The van der Waals surface area contributed by atoms with Gasteiger partial charge in [0.1, 0.15) is 23.7 Å². The third-order valence-electron chi connectivity index (χ3n) is 4.24. The van der Waals surface area contributed by atoms with E-state index < -0.39 is 23.1 Å². The van der Waals surface area contributed by atoms with Crippen LogP contribution in [0.15, 0.2) is 65.8 Å². The van der Waals surface area contributed by atoms with Crippen molar-refractivity contribution < 1.29 is 17.9 Å². The van der Waals surface area contributed by atoms with Crippen LogP contribution >= 0.6 is 11.6 Å². The van der Waals surface area contributed by atoms with Crippen molar-refractivity contribution in [2.45, 2.75) is 6.54 Å². The highest BCUT2D eigenvalue weighted by atomic mass is 35.5. The molecule has 0 saturated heterocycles. The molecular formula is C20H12ClF3N4O2. The maximum atomic E-state index is 13.9. The van der Waals surface area contributed by atoms with Gasteiger partial charge < -0.3 is 4.74 Å². The van der Waals surface area contributed by atoms with Gasteiger partial charge in [-0.2, -0.15) is 14.2 Å². The summed E-state index contributed by atoms with van der Waals surface area (Å²) in [6.45, 7) is -0.305. The Balaban J connectivity index is 1.57. The number of ether oxygens (including phenoxy) is 1. The molecule has 0 aliphatic carbocycles. The lowest BCUT2D eigenvalue weighted by molar-refractivity contribution is 0.440. The lowest BCUT2D eigenvalue weighted by atomic mass is 10.2. The Labute approximate surface area is 172 Å². The van der Waals surface area contributed by atoms with E-state index in [1.54, 1.807) is 0 Å². The molecule has 0 spiro atoms. The molecule has 152 valence electrons. The topological polar surface area (TPSA) is 61.9 Å². The van der Waals surface area contributed by atoms with Crippen molar-refractivity contribution >= 4 is 11.6 Å². The lowest BCUT2D eigenvalue weighted by Gasteiger charge is -2.08. The van der Waals surface area contributed by atoms with E-state index in [0.717, 1.165) is 21.4 Å². The van der Waals surface area contributed by atoms with Crippen molar-refractivity contribution in [3.05, 3.63) is 99.7 Å². The molecule has 2 aromatic carbocycles. The first-order chi connectivity index (χ1) is 14.4. The zero-order valence-corrected chi connectivity index (χ0v) is 15.9. The molecule has 4 rings (SSSR count). The van der Waals surface area contributed by atoms with Gasteiger partial charge in [-0.1, -0.05) is 17.7 Å². The summed E-state index contributed by atoms with van der Waals surface area (Å²) in [6, 6.07) is 10.9. The van der Waals surface area contributed by atoms with Crippen molar-refractivity contribution in [1.29, 1.82) is 0 Å². The standard InChI is InChI=1S/C20H12ClF3N4O2/c21-19-18(24)17(8-9-25-19)30-13-6-4-12(5-7-13)28-20(29)27(11-26-28)10-14-15(22)2-1-3-16(14)23/h1-9,11H,10H2. The Morgan fingerprint density at radius 2 is 1.70 bits per heavy atom. The number of hydrogen-bond acceptors (Lipinski definition) is 4. The molecule has 0 atom stereocenters. The van der Waals surface area contributed by atoms with E-state index in [1.807, 2.05) is 0 Å². The molecule has 0 radical (unpaired) electrons. The van der Waals surface area contributed by atoms with Crippen molar-refractivity contribution in [3.8, 4) is 17.2 Å². The van der Waals surface area contributed by atoms with Crippen LogP contribution in [0.25, 0.3) is 5.69 Å². The minimum Gasteiger partial charge on any atom is -0.454 e. The Hall–Kier alpha value is -3.59. The van der Waals surface area contributed by atoms with Crippen molar-refractivity contribution in [3.63, 3.8) is 0 Å². The Kier molecular flexibility index (Phi) is 5.28. The number of halogens is 4. The van der Waals surface area contributed by atoms with Crippen molar-refractivity contribution in [2.24, 2.45) is 0 Å². The predicted octanol–water partition coefficient (Wildman–Crippen LogP) is 4.34. The maximum Gasteiger partial charge on any atom is 0.350 e. The number of hydrogen-bond donors (Lipinski definition) is 0. The monoisotopic (exact) mass is 432 g/mol. The van der Waals surface area contributed by atoms with Gasteiger partial charge in [0, 0.05) is 17.8 Å². The van der Waals surface area contributed by atoms with Crippen LogP contribution in [-0.4, -0.2) is 19.3 Å². The number of benzene rings is 2. The van der Waals surface area contributed by atoms with E-state index >= 15 is 0 Å². The molecule has 30 heavy (non-hydrogen) atoms. The van der Waals surface area contributed by atoms with Crippen LogP contribution in [-0.2, 0) is 6.54 Å². The molecule has 0 fully saturated rings. The van der Waals surface area contributed by atoms with Crippen LogP contribution in [0, 0.1) is 17.5 Å². The molecule has 0 bridgehead atoms. The van der Waals surface area contributed by atoms with E-state index in [9.17, 15) is 18.0 Å². The summed E-state index contributed by atoms with van der Waals surface area (Å²) in [7, 11) is 0. The summed E-state index contributed by atoms with van der Waals surface area (Å²) in [5, 5.41) is 3.66. The highest BCUT2D eigenvalue weighted by molar-refractivity contribution is 6.29. The summed E-state index contributed by atoms with van der Waals surface area (Å²) < 4.78 is 49.1. The van der Waals surface area contributed by atoms with Crippen LogP contribution in [0.4, 0.5) is 13.2 Å². The Morgan fingerprint density at radius 1 is 1.00 bits per heavy atom. The first kappa shape index (κ1) is 19.7. The smallest absolute Gasteiger partial charge is 0.350 e. The van der Waals surface area contributed by atoms with E-state index in [-0.39, 0.29) is 23.0 Å². The molecule has 0 saturated carbocycles. The molecular weight excluding hydrogens is 421 g/mol. The third-order valence-corrected chi connectivity index (χ3v) is 4.51. The van der Waals surface area contributed by atoms with Gasteiger partial charge in [0.25, 0.3) is 0 Å². The quantitative estimate of drug-likeness (QED) is 0.440. The number of nitrogens with zero attached hydrogens (tertiary/aromatic N) is 4.